The van der Waals surface area contributed by atoms with Gasteiger partial charge in [0.05, 0.1) is 15.9 Å². The van der Waals surface area contributed by atoms with Crippen molar-refractivity contribution in [2.45, 2.75) is 19.3 Å². The molecule has 2 aromatic carbocycles. The molecule has 7 heteroatoms. The zero-order valence-corrected chi connectivity index (χ0v) is 16.3. The lowest BCUT2D eigenvalue weighted by Gasteiger charge is -2.18. The number of carbonyl (C=O) groups is 1. The molecule has 1 aliphatic carbocycles. The molecule has 0 unspecified atom stereocenters. The standard InChI is InChI=1S/C20H20FN3OS.ClH/c21-13-8-9-16(23-19(25)14-5-3-4-12(14)11-22)15(10-13)20-24-17-6-1-2-7-18(17)26-20;/h1-2,6-10,12,14H,3-5,11,22H2,(H,23,25);1H/t12-,14-;/m1./s1. The first-order valence-corrected chi connectivity index (χ1v) is 9.64. The SMILES string of the molecule is Cl.NC[C@H]1CCC[C@H]1C(=O)Nc1ccc(F)cc1-c1nc2ccccc2s1. The molecule has 1 heterocycles. The number of nitrogens with zero attached hydrogens (tertiary/aromatic N) is 1. The third-order valence-corrected chi connectivity index (χ3v) is 6.13. The lowest BCUT2D eigenvalue weighted by atomic mass is 9.95. The molecular formula is C20H21ClFN3OS. The summed E-state index contributed by atoms with van der Waals surface area (Å²) in [5.41, 5.74) is 7.88. The molecule has 0 aliphatic heterocycles. The van der Waals surface area contributed by atoms with Gasteiger partial charge in [-0.1, -0.05) is 18.6 Å². The van der Waals surface area contributed by atoms with Gasteiger partial charge >= 0.3 is 0 Å². The number of aromatic nitrogens is 1. The number of nitrogens with two attached hydrogens (primary N) is 1. The highest BCUT2D eigenvalue weighted by Crippen LogP contribution is 2.37. The molecule has 0 bridgehead atoms. The van der Waals surface area contributed by atoms with Gasteiger partial charge < -0.3 is 11.1 Å². The molecule has 1 saturated carbocycles. The maximum atomic E-state index is 13.9. The molecule has 0 saturated heterocycles. The molecule has 27 heavy (non-hydrogen) atoms. The predicted octanol–water partition coefficient (Wildman–Crippen LogP) is 4.84. The molecule has 2 atom stereocenters. The summed E-state index contributed by atoms with van der Waals surface area (Å²) < 4.78 is 14.9. The molecule has 3 aromatic rings. The fourth-order valence-electron chi connectivity index (χ4n) is 3.68. The van der Waals surface area contributed by atoms with Crippen molar-refractivity contribution in [1.29, 1.82) is 0 Å². The van der Waals surface area contributed by atoms with Gasteiger partial charge in [-0.3, -0.25) is 4.79 Å². The summed E-state index contributed by atoms with van der Waals surface area (Å²) in [6.07, 6.45) is 2.86. The van der Waals surface area contributed by atoms with E-state index in [1.54, 1.807) is 6.07 Å². The Morgan fingerprint density at radius 3 is 2.85 bits per heavy atom. The lowest BCUT2D eigenvalue weighted by Crippen LogP contribution is -2.29. The van der Waals surface area contributed by atoms with E-state index < -0.39 is 0 Å². The van der Waals surface area contributed by atoms with Gasteiger partial charge in [-0.25, -0.2) is 9.37 Å². The second kappa shape index (κ2) is 8.33. The third kappa shape index (κ3) is 3.98. The quantitative estimate of drug-likeness (QED) is 0.652. The molecule has 0 spiro atoms. The van der Waals surface area contributed by atoms with Crippen molar-refractivity contribution in [3.63, 3.8) is 0 Å². The number of fused-ring (bicyclic) bond motifs is 1. The minimum Gasteiger partial charge on any atom is -0.330 e. The predicted molar refractivity (Wildman–Crippen MR) is 111 cm³/mol. The molecule has 1 amide bonds. The van der Waals surface area contributed by atoms with Crippen LogP contribution >= 0.6 is 23.7 Å². The van der Waals surface area contributed by atoms with E-state index in [0.29, 0.717) is 22.8 Å². The Kier molecular flexibility index (Phi) is 6.09. The van der Waals surface area contributed by atoms with Gasteiger partial charge in [0.1, 0.15) is 10.8 Å². The Labute approximate surface area is 167 Å². The molecule has 1 fully saturated rings. The van der Waals surface area contributed by atoms with Crippen LogP contribution in [-0.2, 0) is 4.79 Å². The summed E-state index contributed by atoms with van der Waals surface area (Å²) in [4.78, 5) is 17.3. The van der Waals surface area contributed by atoms with E-state index >= 15 is 0 Å². The molecule has 4 rings (SSSR count). The van der Waals surface area contributed by atoms with E-state index in [0.717, 1.165) is 29.5 Å². The van der Waals surface area contributed by atoms with Gasteiger partial charge in [0, 0.05) is 11.5 Å². The van der Waals surface area contributed by atoms with Crippen LogP contribution in [0.4, 0.5) is 10.1 Å². The topological polar surface area (TPSA) is 68.0 Å². The summed E-state index contributed by atoms with van der Waals surface area (Å²) >= 11 is 1.49. The molecule has 3 N–H and O–H groups in total. The Morgan fingerprint density at radius 2 is 2.07 bits per heavy atom. The minimum absolute atomic E-state index is 0. The monoisotopic (exact) mass is 405 g/mol. The van der Waals surface area contributed by atoms with Crippen LogP contribution in [0.3, 0.4) is 0 Å². The van der Waals surface area contributed by atoms with Crippen LogP contribution in [0.5, 0.6) is 0 Å². The van der Waals surface area contributed by atoms with Gasteiger partial charge in [-0.15, -0.1) is 23.7 Å². The molecule has 1 aromatic heterocycles. The van der Waals surface area contributed by atoms with Crippen LogP contribution < -0.4 is 11.1 Å². The number of benzene rings is 2. The van der Waals surface area contributed by atoms with E-state index in [2.05, 4.69) is 10.3 Å². The highest BCUT2D eigenvalue weighted by molar-refractivity contribution is 7.21. The second-order valence-electron chi connectivity index (χ2n) is 6.70. The Balaban J connectivity index is 0.00000210. The average Bonchev–Trinajstić information content (AvgIpc) is 3.29. The number of hydrogen-bond acceptors (Lipinski definition) is 4. The van der Waals surface area contributed by atoms with E-state index in [-0.39, 0.29) is 36.0 Å². The lowest BCUT2D eigenvalue weighted by molar-refractivity contribution is -0.120. The van der Waals surface area contributed by atoms with E-state index in [4.69, 9.17) is 5.73 Å². The number of carbonyl (C=O) groups excluding carboxylic acids is 1. The zero-order chi connectivity index (χ0) is 18.1. The molecule has 0 radical (unpaired) electrons. The number of amides is 1. The molecule has 1 aliphatic rings. The van der Waals surface area contributed by atoms with Crippen LogP contribution in [-0.4, -0.2) is 17.4 Å². The van der Waals surface area contributed by atoms with Crippen molar-refractivity contribution in [2.75, 3.05) is 11.9 Å². The van der Waals surface area contributed by atoms with Crippen LogP contribution in [0.2, 0.25) is 0 Å². The van der Waals surface area contributed by atoms with Gasteiger partial charge in [0.25, 0.3) is 0 Å². The molecule has 142 valence electrons. The summed E-state index contributed by atoms with van der Waals surface area (Å²) in [7, 11) is 0. The first kappa shape index (κ1) is 19.7. The number of halogens is 2. The fourth-order valence-corrected chi connectivity index (χ4v) is 4.68. The third-order valence-electron chi connectivity index (χ3n) is 5.06. The van der Waals surface area contributed by atoms with Crippen LogP contribution in [0, 0.1) is 17.7 Å². The molecular weight excluding hydrogens is 385 g/mol. The van der Waals surface area contributed by atoms with Crippen molar-refractivity contribution in [2.24, 2.45) is 17.6 Å². The summed E-state index contributed by atoms with van der Waals surface area (Å²) in [5.74, 6) is -0.237. The normalized spacial score (nSPS) is 19.0. The number of rotatable bonds is 4. The number of hydrogen-bond donors (Lipinski definition) is 2. The zero-order valence-electron chi connectivity index (χ0n) is 14.7. The Morgan fingerprint density at radius 1 is 1.26 bits per heavy atom. The van der Waals surface area contributed by atoms with Crippen LogP contribution in [0.25, 0.3) is 20.8 Å². The van der Waals surface area contributed by atoms with Gasteiger partial charge in [-0.05, 0) is 55.6 Å². The fraction of sp³-hybridized carbons (Fsp3) is 0.300. The van der Waals surface area contributed by atoms with E-state index in [9.17, 15) is 9.18 Å². The maximum Gasteiger partial charge on any atom is 0.227 e. The minimum atomic E-state index is -0.349. The van der Waals surface area contributed by atoms with Gasteiger partial charge in [-0.2, -0.15) is 0 Å². The Bertz CT molecular complexity index is 928. The Hall–Kier alpha value is -2.02. The van der Waals surface area contributed by atoms with Crippen molar-refractivity contribution in [3.05, 3.63) is 48.3 Å². The number of thiazole rings is 1. The van der Waals surface area contributed by atoms with Crippen LogP contribution in [0.1, 0.15) is 19.3 Å². The van der Waals surface area contributed by atoms with Gasteiger partial charge in [0.15, 0.2) is 0 Å². The number of para-hydroxylation sites is 1. The highest BCUT2D eigenvalue weighted by atomic mass is 35.5. The summed E-state index contributed by atoms with van der Waals surface area (Å²) in [6.45, 7) is 0.520. The van der Waals surface area contributed by atoms with Crippen molar-refractivity contribution in [1.82, 2.24) is 4.98 Å². The van der Waals surface area contributed by atoms with Crippen molar-refractivity contribution in [3.8, 4) is 10.6 Å². The maximum absolute atomic E-state index is 13.9. The number of anilines is 1. The molecule has 4 nitrogen and oxygen atoms in total. The first-order valence-electron chi connectivity index (χ1n) is 8.82. The van der Waals surface area contributed by atoms with Crippen molar-refractivity contribution >= 4 is 45.6 Å². The highest BCUT2D eigenvalue weighted by Gasteiger charge is 2.32. The first-order chi connectivity index (χ1) is 12.7. The summed E-state index contributed by atoms with van der Waals surface area (Å²) in [6, 6.07) is 12.2. The van der Waals surface area contributed by atoms with Crippen LogP contribution in [0.15, 0.2) is 42.5 Å². The second-order valence-corrected chi connectivity index (χ2v) is 7.73. The van der Waals surface area contributed by atoms with Crippen molar-refractivity contribution < 1.29 is 9.18 Å². The average molecular weight is 406 g/mol. The summed E-state index contributed by atoms with van der Waals surface area (Å²) in [5, 5.41) is 3.69. The van der Waals surface area contributed by atoms with E-state index in [1.165, 1.54) is 23.5 Å². The smallest absolute Gasteiger partial charge is 0.227 e. The van der Waals surface area contributed by atoms with Gasteiger partial charge in [0.2, 0.25) is 5.91 Å². The largest absolute Gasteiger partial charge is 0.330 e. The number of nitrogens with one attached hydrogen (secondary N) is 1. The van der Waals surface area contributed by atoms with E-state index in [1.807, 2.05) is 24.3 Å².